The maximum Gasteiger partial charge on any atom is 0.407 e. The number of anilines is 1. The number of ether oxygens (including phenoxy) is 1. The molecule has 3 fully saturated rings. The number of aryl methyl sites for hydroxylation is 1. The summed E-state index contributed by atoms with van der Waals surface area (Å²) in [5.74, 6) is 2.59. The van der Waals surface area contributed by atoms with E-state index in [4.69, 9.17) is 21.1 Å². The average Bonchev–Trinajstić information content (AvgIpc) is 3.88. The van der Waals surface area contributed by atoms with Crippen LogP contribution in [0, 0.1) is 35.3 Å². The zero-order chi connectivity index (χ0) is 44.3. The van der Waals surface area contributed by atoms with E-state index in [0.29, 0.717) is 59.5 Å². The Morgan fingerprint density at radius 1 is 1.03 bits per heavy atom. The van der Waals surface area contributed by atoms with Crippen molar-refractivity contribution in [2.75, 3.05) is 31.1 Å². The summed E-state index contributed by atoms with van der Waals surface area (Å²) in [5.41, 5.74) is 1.79. The third-order valence-electron chi connectivity index (χ3n) is 13.9. The normalized spacial score (nSPS) is 18.5. The fraction of sp³-hybridized carbons (Fsp3) is 0.577. The van der Waals surface area contributed by atoms with Crippen molar-refractivity contribution in [2.24, 2.45) is 11.3 Å². The molecule has 11 heteroatoms. The second-order valence-corrected chi connectivity index (χ2v) is 19.1. The van der Waals surface area contributed by atoms with Crippen molar-refractivity contribution in [1.82, 2.24) is 25.6 Å². The molecule has 3 atom stereocenters. The van der Waals surface area contributed by atoms with Gasteiger partial charge >= 0.3 is 6.09 Å². The molecule has 7 rings (SSSR count). The number of benzene rings is 2. The zero-order valence-corrected chi connectivity index (χ0v) is 37.7. The minimum Gasteiger partial charge on any atom is -0.508 e. The highest BCUT2D eigenvalue weighted by Gasteiger charge is 2.35. The quantitative estimate of drug-likeness (QED) is 0.0407. The second kappa shape index (κ2) is 21.7. The van der Waals surface area contributed by atoms with Gasteiger partial charge in [0.1, 0.15) is 34.4 Å². The summed E-state index contributed by atoms with van der Waals surface area (Å²) >= 11 is 0. The van der Waals surface area contributed by atoms with E-state index in [1.807, 2.05) is 0 Å². The number of amides is 1. The number of phenols is 1. The number of hydrogen-bond donors (Lipinski definition) is 3. The van der Waals surface area contributed by atoms with E-state index in [2.05, 4.69) is 46.9 Å². The average molecular weight is 863 g/mol. The summed E-state index contributed by atoms with van der Waals surface area (Å²) in [7, 11) is 0. The molecule has 2 aromatic heterocycles. The molecule has 2 saturated heterocycles. The summed E-state index contributed by atoms with van der Waals surface area (Å²) in [5, 5.41) is 18.6. The molecule has 9 nitrogen and oxygen atoms in total. The van der Waals surface area contributed by atoms with E-state index in [0.717, 1.165) is 70.9 Å². The number of phenolic OH excluding ortho intramolecular Hbond substituents is 1. The van der Waals surface area contributed by atoms with Crippen LogP contribution in [0.1, 0.15) is 147 Å². The SMILES string of the molecule is C#Cc1c(F)ccc2cc(O)cc(-c3ncc4c(N5CC6CCC(C5)N6)nc(CCCC5(CCC(C)COC(=O)NCCCCCCCCCCC(=C)C)CCCC5)nc4c3F)c12. The molecule has 3 N–H and O–H groups in total. The minimum absolute atomic E-state index is 0.0134. The first kappa shape index (κ1) is 46.2. The molecule has 2 aliphatic heterocycles. The van der Waals surface area contributed by atoms with Crippen molar-refractivity contribution >= 4 is 33.6 Å². The van der Waals surface area contributed by atoms with Gasteiger partial charge in [0, 0.05) is 55.3 Å². The largest absolute Gasteiger partial charge is 0.508 e. The number of halogens is 2. The van der Waals surface area contributed by atoms with E-state index in [1.54, 1.807) is 6.20 Å². The Bertz CT molecular complexity index is 2260. The lowest BCUT2D eigenvalue weighted by molar-refractivity contribution is 0.121. The van der Waals surface area contributed by atoms with Crippen LogP contribution in [0.3, 0.4) is 0 Å². The van der Waals surface area contributed by atoms with Crippen LogP contribution in [-0.2, 0) is 11.2 Å². The molecule has 4 aromatic rings. The molecule has 0 radical (unpaired) electrons. The number of hydrogen-bond acceptors (Lipinski definition) is 8. The summed E-state index contributed by atoms with van der Waals surface area (Å²) < 4.78 is 37.7. The van der Waals surface area contributed by atoms with Crippen LogP contribution in [0.15, 0.2) is 42.6 Å². The Labute approximate surface area is 373 Å². The van der Waals surface area contributed by atoms with Crippen LogP contribution in [-0.4, -0.2) is 64.5 Å². The fourth-order valence-electron chi connectivity index (χ4n) is 10.4. The van der Waals surface area contributed by atoms with Crippen molar-refractivity contribution in [2.45, 2.75) is 154 Å². The van der Waals surface area contributed by atoms with Crippen LogP contribution in [0.25, 0.3) is 32.9 Å². The van der Waals surface area contributed by atoms with Gasteiger partial charge < -0.3 is 25.4 Å². The molecule has 1 saturated carbocycles. The smallest absolute Gasteiger partial charge is 0.407 e. The lowest BCUT2D eigenvalue weighted by atomic mass is 9.76. The highest BCUT2D eigenvalue weighted by atomic mass is 19.1. The summed E-state index contributed by atoms with van der Waals surface area (Å²) in [4.78, 5) is 29.3. The predicted octanol–water partition coefficient (Wildman–Crippen LogP) is 11.9. The number of unbranched alkanes of at least 4 members (excludes halogenated alkanes) is 7. The third-order valence-corrected chi connectivity index (χ3v) is 13.9. The molecule has 3 aliphatic rings. The number of alkyl carbamates (subject to hydrolysis) is 1. The van der Waals surface area contributed by atoms with Crippen molar-refractivity contribution in [3.8, 4) is 29.4 Å². The van der Waals surface area contributed by atoms with Crippen LogP contribution in [0.4, 0.5) is 19.4 Å². The van der Waals surface area contributed by atoms with Gasteiger partial charge in [-0.25, -0.2) is 23.5 Å². The number of carbonyl (C=O) groups is 1. The van der Waals surface area contributed by atoms with E-state index in [9.17, 15) is 9.90 Å². The predicted molar refractivity (Wildman–Crippen MR) is 250 cm³/mol. The first-order valence-electron chi connectivity index (χ1n) is 23.9. The Morgan fingerprint density at radius 3 is 2.46 bits per heavy atom. The van der Waals surface area contributed by atoms with E-state index >= 15 is 8.78 Å². The number of nitrogens with zero attached hydrogens (tertiary/aromatic N) is 4. The molecule has 4 heterocycles. The third kappa shape index (κ3) is 11.9. The lowest BCUT2D eigenvalue weighted by Gasteiger charge is -2.34. The van der Waals surface area contributed by atoms with Gasteiger partial charge in [0.15, 0.2) is 5.82 Å². The number of pyridine rings is 1. The van der Waals surface area contributed by atoms with Crippen LogP contribution in [0.2, 0.25) is 0 Å². The number of piperazine rings is 1. The molecule has 63 heavy (non-hydrogen) atoms. The number of aromatic nitrogens is 3. The molecule has 1 aliphatic carbocycles. The summed E-state index contributed by atoms with van der Waals surface area (Å²) in [6.07, 6.45) is 29.3. The molecule has 2 bridgehead atoms. The van der Waals surface area contributed by atoms with Gasteiger partial charge in [-0.2, -0.15) is 0 Å². The number of allylic oxidation sites excluding steroid dienone is 1. The Morgan fingerprint density at radius 2 is 1.75 bits per heavy atom. The van der Waals surface area contributed by atoms with Gasteiger partial charge in [-0.05, 0) is 112 Å². The van der Waals surface area contributed by atoms with Crippen LogP contribution in [0.5, 0.6) is 5.75 Å². The Balaban J connectivity index is 0.969. The lowest BCUT2D eigenvalue weighted by Crippen LogP contribution is -2.51. The van der Waals surface area contributed by atoms with E-state index in [-0.39, 0.29) is 45.5 Å². The number of fused-ring (bicyclic) bond motifs is 4. The van der Waals surface area contributed by atoms with Gasteiger partial charge in [-0.1, -0.05) is 75.9 Å². The summed E-state index contributed by atoms with van der Waals surface area (Å²) in [6.45, 7) is 10.8. The van der Waals surface area contributed by atoms with Gasteiger partial charge in [0.05, 0.1) is 17.6 Å². The summed E-state index contributed by atoms with van der Waals surface area (Å²) in [6, 6.07) is 6.33. The molecule has 3 unspecified atom stereocenters. The highest BCUT2D eigenvalue weighted by molar-refractivity contribution is 6.03. The standard InChI is InChI=1S/C52H68F2N6O3/c1-5-41-44(53)22-19-37-29-40(61)30-42(46(37)41)48-47(54)49-43(31-56-48)50(60-32-38-20-21-39(33-60)57-38)59-45(58-49)18-16-26-52(24-13-14-25-52)27-23-36(4)34-63-51(62)55-28-15-11-9-7-6-8-10-12-17-35(2)3/h1,19,22,29-31,36,38-39,57,61H,2,6-18,20-21,23-28,32-34H2,3-4H3,(H,55,62). The second-order valence-electron chi connectivity index (χ2n) is 19.1. The Hall–Kier alpha value is -4.82. The minimum atomic E-state index is -0.654. The van der Waals surface area contributed by atoms with Crippen molar-refractivity contribution in [3.63, 3.8) is 0 Å². The molecule has 2 aromatic carbocycles. The molecule has 338 valence electrons. The van der Waals surface area contributed by atoms with E-state index < -0.39 is 11.6 Å². The number of carbonyl (C=O) groups excluding carboxylic acids is 1. The van der Waals surface area contributed by atoms with Gasteiger partial charge in [-0.15, -0.1) is 13.0 Å². The molecular weight excluding hydrogens is 795 g/mol. The molecule has 1 amide bonds. The van der Waals surface area contributed by atoms with Gasteiger partial charge in [0.2, 0.25) is 0 Å². The van der Waals surface area contributed by atoms with Crippen molar-refractivity contribution in [1.29, 1.82) is 0 Å². The van der Waals surface area contributed by atoms with Gasteiger partial charge in [0.25, 0.3) is 0 Å². The monoisotopic (exact) mass is 863 g/mol. The maximum atomic E-state index is 17.1. The first-order valence-corrected chi connectivity index (χ1v) is 23.9. The number of rotatable bonds is 22. The fourth-order valence-corrected chi connectivity index (χ4v) is 10.4. The first-order chi connectivity index (χ1) is 30.5. The highest BCUT2D eigenvalue weighted by Crippen LogP contribution is 2.47. The zero-order valence-electron chi connectivity index (χ0n) is 37.7. The molecule has 0 spiro atoms. The van der Waals surface area contributed by atoms with Crippen LogP contribution >= 0.6 is 0 Å². The topological polar surface area (TPSA) is 113 Å². The Kier molecular flexibility index (Phi) is 15.9. The van der Waals surface area contributed by atoms with Crippen molar-refractivity contribution in [3.05, 3.63) is 65.6 Å². The number of nitrogens with one attached hydrogen (secondary N) is 2. The molecular formula is C52H68F2N6O3. The van der Waals surface area contributed by atoms with Crippen molar-refractivity contribution < 1.29 is 23.4 Å². The van der Waals surface area contributed by atoms with Gasteiger partial charge in [-0.3, -0.25) is 4.98 Å². The number of aromatic hydroxyl groups is 1. The maximum absolute atomic E-state index is 17.1. The number of terminal acetylenes is 1. The van der Waals surface area contributed by atoms with Crippen LogP contribution < -0.4 is 15.5 Å². The van der Waals surface area contributed by atoms with E-state index in [1.165, 1.54) is 94.0 Å².